The molecule has 1 aliphatic heterocycles. The van der Waals surface area contributed by atoms with E-state index in [1.165, 1.54) is 0 Å². The van der Waals surface area contributed by atoms with Crippen molar-refractivity contribution in [2.45, 2.75) is 39.8 Å². The molecule has 94 valence electrons. The largest absolute Gasteiger partial charge is 0.376 e. The number of carbonyl (C=O) groups is 1. The van der Waals surface area contributed by atoms with E-state index in [1.807, 2.05) is 18.7 Å². The number of amides is 1. The number of carbonyl (C=O) groups excluding carboxylic acids is 1. The van der Waals surface area contributed by atoms with Crippen LogP contribution in [0.1, 0.15) is 27.7 Å². The molecule has 0 spiro atoms. The highest BCUT2D eigenvalue weighted by molar-refractivity contribution is 5.78. The van der Waals surface area contributed by atoms with E-state index in [0.29, 0.717) is 12.6 Å². The third kappa shape index (κ3) is 3.46. The Labute approximate surface area is 98.5 Å². The number of morpholine rings is 1. The number of hydrogen-bond acceptors (Lipinski definition) is 3. The van der Waals surface area contributed by atoms with Crippen LogP contribution in [0.15, 0.2) is 0 Å². The highest BCUT2D eigenvalue weighted by Gasteiger charge is 2.26. The van der Waals surface area contributed by atoms with Crippen LogP contribution in [0.4, 0.5) is 0 Å². The van der Waals surface area contributed by atoms with E-state index in [9.17, 15) is 4.79 Å². The van der Waals surface area contributed by atoms with Crippen molar-refractivity contribution in [3.05, 3.63) is 0 Å². The second-order valence-corrected chi connectivity index (χ2v) is 4.49. The Kier molecular flexibility index (Phi) is 5.22. The summed E-state index contributed by atoms with van der Waals surface area (Å²) in [4.78, 5) is 16.1. The minimum absolute atomic E-state index is 0.228. The van der Waals surface area contributed by atoms with Crippen molar-refractivity contribution in [3.8, 4) is 0 Å². The van der Waals surface area contributed by atoms with Crippen molar-refractivity contribution in [3.63, 3.8) is 0 Å². The first-order valence-electron chi connectivity index (χ1n) is 6.21. The molecule has 1 aliphatic rings. The Morgan fingerprint density at radius 1 is 1.38 bits per heavy atom. The molecule has 0 radical (unpaired) electrons. The van der Waals surface area contributed by atoms with Gasteiger partial charge in [-0.1, -0.05) is 0 Å². The molecule has 2 atom stereocenters. The third-order valence-electron chi connectivity index (χ3n) is 3.19. The quantitative estimate of drug-likeness (QED) is 0.718. The van der Waals surface area contributed by atoms with Crippen LogP contribution in [0.3, 0.4) is 0 Å². The average molecular weight is 228 g/mol. The monoisotopic (exact) mass is 228 g/mol. The summed E-state index contributed by atoms with van der Waals surface area (Å²) in [5.41, 5.74) is 0. The molecule has 0 aromatic heterocycles. The van der Waals surface area contributed by atoms with Crippen LogP contribution in [0.5, 0.6) is 0 Å². The van der Waals surface area contributed by atoms with Crippen LogP contribution in [0, 0.1) is 0 Å². The molecular weight excluding hydrogens is 204 g/mol. The number of hydrogen-bond donors (Lipinski definition) is 0. The SMILES string of the molecule is CCN(CC)C(=O)CN1C[C@@H](C)OC[C@@H]1C. The van der Waals surface area contributed by atoms with Gasteiger partial charge in [-0.2, -0.15) is 0 Å². The normalized spacial score (nSPS) is 26.8. The van der Waals surface area contributed by atoms with E-state index in [4.69, 9.17) is 4.74 Å². The molecule has 4 nitrogen and oxygen atoms in total. The minimum Gasteiger partial charge on any atom is -0.376 e. The summed E-state index contributed by atoms with van der Waals surface area (Å²) in [5.74, 6) is 0.228. The van der Waals surface area contributed by atoms with Gasteiger partial charge < -0.3 is 9.64 Å². The van der Waals surface area contributed by atoms with Gasteiger partial charge >= 0.3 is 0 Å². The van der Waals surface area contributed by atoms with Crippen LogP contribution in [-0.4, -0.2) is 60.6 Å². The summed E-state index contributed by atoms with van der Waals surface area (Å²) in [6, 6.07) is 0.343. The summed E-state index contributed by atoms with van der Waals surface area (Å²) >= 11 is 0. The van der Waals surface area contributed by atoms with E-state index in [2.05, 4.69) is 18.7 Å². The summed E-state index contributed by atoms with van der Waals surface area (Å²) < 4.78 is 5.55. The Balaban J connectivity index is 2.48. The van der Waals surface area contributed by atoms with Gasteiger partial charge in [0.1, 0.15) is 0 Å². The number of rotatable bonds is 4. The standard InChI is InChI=1S/C12H24N2O2/c1-5-13(6-2)12(15)8-14-7-11(4)16-9-10(14)3/h10-11H,5-9H2,1-4H3/t10-,11+/m0/s1. The number of ether oxygens (including phenoxy) is 1. The number of nitrogens with zero attached hydrogens (tertiary/aromatic N) is 2. The topological polar surface area (TPSA) is 32.8 Å². The van der Waals surface area contributed by atoms with E-state index in [1.54, 1.807) is 0 Å². The van der Waals surface area contributed by atoms with Crippen LogP contribution >= 0.6 is 0 Å². The molecule has 0 aromatic carbocycles. The van der Waals surface area contributed by atoms with Crippen LogP contribution in [-0.2, 0) is 9.53 Å². The second-order valence-electron chi connectivity index (χ2n) is 4.49. The zero-order chi connectivity index (χ0) is 12.1. The molecule has 1 rings (SSSR count). The molecule has 4 heteroatoms. The fourth-order valence-corrected chi connectivity index (χ4v) is 2.04. The Morgan fingerprint density at radius 3 is 2.56 bits per heavy atom. The van der Waals surface area contributed by atoms with Gasteiger partial charge in [0.2, 0.25) is 5.91 Å². The molecule has 1 saturated heterocycles. The molecule has 0 bridgehead atoms. The predicted molar refractivity (Wildman–Crippen MR) is 64.4 cm³/mol. The lowest BCUT2D eigenvalue weighted by atomic mass is 10.2. The van der Waals surface area contributed by atoms with Gasteiger partial charge in [-0.15, -0.1) is 0 Å². The molecule has 0 N–H and O–H groups in total. The maximum Gasteiger partial charge on any atom is 0.236 e. The molecule has 0 saturated carbocycles. The summed E-state index contributed by atoms with van der Waals surface area (Å²) in [6.45, 7) is 11.9. The van der Waals surface area contributed by atoms with Gasteiger partial charge in [0.05, 0.1) is 19.3 Å². The van der Waals surface area contributed by atoms with Crippen molar-refractivity contribution >= 4 is 5.91 Å². The van der Waals surface area contributed by atoms with Crippen molar-refractivity contribution in [1.29, 1.82) is 0 Å². The highest BCUT2D eigenvalue weighted by atomic mass is 16.5. The second kappa shape index (κ2) is 6.21. The first-order chi connectivity index (χ1) is 7.58. The first kappa shape index (κ1) is 13.5. The lowest BCUT2D eigenvalue weighted by Crippen LogP contribution is -2.51. The fourth-order valence-electron chi connectivity index (χ4n) is 2.04. The predicted octanol–water partition coefficient (Wildman–Crippen LogP) is 0.964. The molecule has 0 aromatic rings. The van der Waals surface area contributed by atoms with Crippen molar-refractivity contribution in [2.24, 2.45) is 0 Å². The minimum atomic E-state index is 0.228. The lowest BCUT2D eigenvalue weighted by molar-refractivity contribution is -0.135. The zero-order valence-corrected chi connectivity index (χ0v) is 10.9. The average Bonchev–Trinajstić information content (AvgIpc) is 2.25. The fraction of sp³-hybridized carbons (Fsp3) is 0.917. The van der Waals surface area contributed by atoms with E-state index >= 15 is 0 Å². The van der Waals surface area contributed by atoms with Crippen molar-refractivity contribution in [1.82, 2.24) is 9.80 Å². The van der Waals surface area contributed by atoms with Gasteiger partial charge in [-0.25, -0.2) is 0 Å². The summed E-state index contributed by atoms with van der Waals surface area (Å²) in [6.07, 6.45) is 0.237. The molecular formula is C12H24N2O2. The van der Waals surface area contributed by atoms with Gasteiger partial charge in [-0.05, 0) is 27.7 Å². The van der Waals surface area contributed by atoms with Crippen LogP contribution < -0.4 is 0 Å². The summed E-state index contributed by atoms with van der Waals surface area (Å²) in [7, 11) is 0. The number of likely N-dealkylation sites (N-methyl/N-ethyl adjacent to an activating group) is 1. The molecule has 1 amide bonds. The van der Waals surface area contributed by atoms with Crippen molar-refractivity contribution in [2.75, 3.05) is 32.8 Å². The Bertz CT molecular complexity index is 229. The smallest absolute Gasteiger partial charge is 0.236 e. The van der Waals surface area contributed by atoms with Crippen LogP contribution in [0.2, 0.25) is 0 Å². The highest BCUT2D eigenvalue weighted by Crippen LogP contribution is 2.11. The molecule has 0 unspecified atom stereocenters. The van der Waals surface area contributed by atoms with Gasteiger partial charge in [0.15, 0.2) is 0 Å². The lowest BCUT2D eigenvalue weighted by Gasteiger charge is -2.37. The molecule has 16 heavy (non-hydrogen) atoms. The third-order valence-corrected chi connectivity index (χ3v) is 3.19. The van der Waals surface area contributed by atoms with Gasteiger partial charge in [0, 0.05) is 25.7 Å². The molecule has 1 heterocycles. The molecule has 0 aliphatic carbocycles. The van der Waals surface area contributed by atoms with E-state index in [0.717, 1.165) is 26.2 Å². The zero-order valence-electron chi connectivity index (χ0n) is 10.9. The van der Waals surface area contributed by atoms with E-state index < -0.39 is 0 Å². The maximum atomic E-state index is 12.0. The van der Waals surface area contributed by atoms with Crippen molar-refractivity contribution < 1.29 is 9.53 Å². The summed E-state index contributed by atoms with van der Waals surface area (Å²) in [5, 5.41) is 0. The van der Waals surface area contributed by atoms with E-state index in [-0.39, 0.29) is 12.0 Å². The Morgan fingerprint density at radius 2 is 2.00 bits per heavy atom. The Hall–Kier alpha value is -0.610. The van der Waals surface area contributed by atoms with Gasteiger partial charge in [0.25, 0.3) is 0 Å². The van der Waals surface area contributed by atoms with Crippen LogP contribution in [0.25, 0.3) is 0 Å². The first-order valence-corrected chi connectivity index (χ1v) is 6.21. The van der Waals surface area contributed by atoms with Gasteiger partial charge in [-0.3, -0.25) is 9.69 Å². The maximum absolute atomic E-state index is 12.0. The molecule has 1 fully saturated rings.